The number of likely N-dealkylation sites (tertiary alicyclic amines) is 1. The molecule has 3 rings (SSSR count). The summed E-state index contributed by atoms with van der Waals surface area (Å²) in [6, 6.07) is 13.8. The Labute approximate surface area is 169 Å². The van der Waals surface area contributed by atoms with Gasteiger partial charge in [0.2, 0.25) is 11.8 Å². The van der Waals surface area contributed by atoms with Gasteiger partial charge in [0, 0.05) is 31.0 Å². The lowest BCUT2D eigenvalue weighted by Gasteiger charge is -2.32. The van der Waals surface area contributed by atoms with Crippen LogP contribution in [-0.2, 0) is 9.59 Å². The van der Waals surface area contributed by atoms with E-state index in [0.717, 1.165) is 36.3 Å². The molecule has 2 aromatic rings. The van der Waals surface area contributed by atoms with Crippen LogP contribution >= 0.6 is 11.8 Å². The molecule has 1 fully saturated rings. The van der Waals surface area contributed by atoms with Crippen molar-refractivity contribution in [3.8, 4) is 11.1 Å². The molecule has 0 radical (unpaired) electrons. The summed E-state index contributed by atoms with van der Waals surface area (Å²) in [4.78, 5) is 26.8. The van der Waals surface area contributed by atoms with Gasteiger partial charge in [0.25, 0.3) is 0 Å². The second kappa shape index (κ2) is 9.73. The molecule has 2 aromatic carbocycles. The first kappa shape index (κ1) is 20.4. The number of carbonyl (C=O) groups excluding carboxylic acids is 2. The van der Waals surface area contributed by atoms with E-state index in [1.807, 2.05) is 35.4 Å². The minimum Gasteiger partial charge on any atom is -0.342 e. The highest BCUT2D eigenvalue weighted by molar-refractivity contribution is 7.98. The van der Waals surface area contributed by atoms with Crippen LogP contribution in [0.25, 0.3) is 11.1 Å². The third kappa shape index (κ3) is 5.35. The Morgan fingerprint density at radius 2 is 1.96 bits per heavy atom. The Morgan fingerprint density at radius 3 is 2.71 bits per heavy atom. The molecule has 4 nitrogen and oxygen atoms in total. The van der Waals surface area contributed by atoms with Gasteiger partial charge in [0.05, 0.1) is 5.92 Å². The van der Waals surface area contributed by atoms with Gasteiger partial charge in [-0.05, 0) is 54.5 Å². The van der Waals surface area contributed by atoms with Crippen LogP contribution in [0.5, 0.6) is 0 Å². The molecule has 0 saturated carbocycles. The first-order valence-corrected chi connectivity index (χ1v) is 10.9. The standard InChI is InChI=1S/C22H25FN2O2S/c1-28-13-11-21(26)25-12-3-5-18(15-25)22(27)24-20-6-2-4-17(14-20)16-7-9-19(23)10-8-16/h2,4,6-10,14,18H,3,5,11-13,15H2,1H3,(H,24,27)/t18-/m0/s1. The number of benzene rings is 2. The normalized spacial score (nSPS) is 16.6. The van der Waals surface area contributed by atoms with E-state index >= 15 is 0 Å². The summed E-state index contributed by atoms with van der Waals surface area (Å²) in [7, 11) is 0. The van der Waals surface area contributed by atoms with E-state index in [0.29, 0.717) is 18.7 Å². The quantitative estimate of drug-likeness (QED) is 0.781. The van der Waals surface area contributed by atoms with E-state index in [9.17, 15) is 14.0 Å². The average Bonchev–Trinajstić information content (AvgIpc) is 2.73. The van der Waals surface area contributed by atoms with Crippen molar-refractivity contribution in [2.75, 3.05) is 30.4 Å². The van der Waals surface area contributed by atoms with E-state index in [-0.39, 0.29) is 23.5 Å². The van der Waals surface area contributed by atoms with Crippen LogP contribution in [0.4, 0.5) is 10.1 Å². The van der Waals surface area contributed by atoms with Gasteiger partial charge in [-0.2, -0.15) is 11.8 Å². The zero-order valence-corrected chi connectivity index (χ0v) is 16.8. The molecule has 0 spiro atoms. The molecule has 0 bridgehead atoms. The molecule has 6 heteroatoms. The van der Waals surface area contributed by atoms with Gasteiger partial charge >= 0.3 is 0 Å². The molecule has 1 N–H and O–H groups in total. The van der Waals surface area contributed by atoms with E-state index in [2.05, 4.69) is 5.32 Å². The number of hydrogen-bond acceptors (Lipinski definition) is 3. The van der Waals surface area contributed by atoms with Gasteiger partial charge < -0.3 is 10.2 Å². The van der Waals surface area contributed by atoms with Gasteiger partial charge in [-0.3, -0.25) is 9.59 Å². The van der Waals surface area contributed by atoms with Crippen LogP contribution in [0.15, 0.2) is 48.5 Å². The van der Waals surface area contributed by atoms with Crippen LogP contribution in [0, 0.1) is 11.7 Å². The van der Waals surface area contributed by atoms with E-state index in [1.54, 1.807) is 23.9 Å². The summed E-state index contributed by atoms with van der Waals surface area (Å²) in [5, 5.41) is 2.98. The second-order valence-electron chi connectivity index (χ2n) is 7.00. The van der Waals surface area contributed by atoms with E-state index in [4.69, 9.17) is 0 Å². The number of rotatable bonds is 6. The highest BCUT2D eigenvalue weighted by atomic mass is 32.2. The Morgan fingerprint density at radius 1 is 1.18 bits per heavy atom. The summed E-state index contributed by atoms with van der Waals surface area (Å²) >= 11 is 1.66. The average molecular weight is 401 g/mol. The minimum absolute atomic E-state index is 0.0568. The molecule has 1 heterocycles. The van der Waals surface area contributed by atoms with Gasteiger partial charge in [0.15, 0.2) is 0 Å². The molecular weight excluding hydrogens is 375 g/mol. The SMILES string of the molecule is CSCCC(=O)N1CCC[C@H](C(=O)Nc2cccc(-c3ccc(F)cc3)c2)C1. The van der Waals surface area contributed by atoms with Crippen LogP contribution in [-0.4, -0.2) is 41.8 Å². The maximum Gasteiger partial charge on any atom is 0.229 e. The van der Waals surface area contributed by atoms with E-state index in [1.165, 1.54) is 12.1 Å². The zero-order chi connectivity index (χ0) is 19.9. The number of amides is 2. The monoisotopic (exact) mass is 400 g/mol. The number of hydrogen-bond donors (Lipinski definition) is 1. The number of thioether (sulfide) groups is 1. The number of nitrogens with zero attached hydrogens (tertiary/aromatic N) is 1. The smallest absolute Gasteiger partial charge is 0.229 e. The molecule has 0 aliphatic carbocycles. The number of piperidine rings is 1. The summed E-state index contributed by atoms with van der Waals surface area (Å²) < 4.78 is 13.1. The molecule has 2 amide bonds. The Hall–Kier alpha value is -2.34. The third-order valence-corrected chi connectivity index (χ3v) is 5.58. The Bertz CT molecular complexity index is 826. The molecule has 28 heavy (non-hydrogen) atoms. The molecule has 0 aromatic heterocycles. The van der Waals surface area contributed by atoms with Crippen molar-refractivity contribution in [2.45, 2.75) is 19.3 Å². The van der Waals surface area contributed by atoms with Gasteiger partial charge in [0.1, 0.15) is 5.82 Å². The molecule has 148 valence electrons. The lowest BCUT2D eigenvalue weighted by Crippen LogP contribution is -2.43. The topological polar surface area (TPSA) is 49.4 Å². The van der Waals surface area contributed by atoms with Gasteiger partial charge in [-0.1, -0.05) is 24.3 Å². The van der Waals surface area contributed by atoms with Crippen LogP contribution in [0.2, 0.25) is 0 Å². The molecule has 1 aliphatic heterocycles. The van der Waals surface area contributed by atoms with Crippen molar-refractivity contribution >= 4 is 29.3 Å². The maximum absolute atomic E-state index is 13.1. The van der Waals surface area contributed by atoms with Crippen molar-refractivity contribution in [3.05, 3.63) is 54.3 Å². The highest BCUT2D eigenvalue weighted by Crippen LogP contribution is 2.24. The lowest BCUT2D eigenvalue weighted by molar-refractivity contribution is -0.134. The largest absolute Gasteiger partial charge is 0.342 e. The van der Waals surface area contributed by atoms with Crippen molar-refractivity contribution in [2.24, 2.45) is 5.92 Å². The first-order valence-electron chi connectivity index (χ1n) is 9.50. The molecule has 0 unspecified atom stereocenters. The van der Waals surface area contributed by atoms with Crippen LogP contribution in [0.3, 0.4) is 0 Å². The third-order valence-electron chi connectivity index (χ3n) is 4.97. The van der Waals surface area contributed by atoms with Crippen LogP contribution < -0.4 is 5.32 Å². The number of nitrogens with one attached hydrogen (secondary N) is 1. The van der Waals surface area contributed by atoms with E-state index < -0.39 is 0 Å². The zero-order valence-electron chi connectivity index (χ0n) is 16.0. The predicted octanol–water partition coefficient (Wildman–Crippen LogP) is 4.42. The summed E-state index contributed by atoms with van der Waals surface area (Å²) in [5.41, 5.74) is 2.51. The molecule has 1 saturated heterocycles. The van der Waals surface area contributed by atoms with Gasteiger partial charge in [-0.25, -0.2) is 4.39 Å². The fraction of sp³-hybridized carbons (Fsp3) is 0.364. The predicted molar refractivity (Wildman–Crippen MR) is 113 cm³/mol. The first-order chi connectivity index (χ1) is 13.6. The second-order valence-corrected chi connectivity index (χ2v) is 7.98. The van der Waals surface area contributed by atoms with Crippen molar-refractivity contribution in [3.63, 3.8) is 0 Å². The van der Waals surface area contributed by atoms with Crippen molar-refractivity contribution in [1.29, 1.82) is 0 Å². The molecular formula is C22H25FN2O2S. The highest BCUT2D eigenvalue weighted by Gasteiger charge is 2.28. The summed E-state index contributed by atoms with van der Waals surface area (Å²) in [5.74, 6) is 0.412. The Kier molecular flexibility index (Phi) is 7.09. The fourth-order valence-corrected chi connectivity index (χ4v) is 3.81. The Balaban J connectivity index is 1.63. The number of anilines is 1. The fourth-order valence-electron chi connectivity index (χ4n) is 3.43. The minimum atomic E-state index is -0.276. The molecule has 1 aliphatic rings. The summed E-state index contributed by atoms with van der Waals surface area (Å²) in [6.07, 6.45) is 4.14. The van der Waals surface area contributed by atoms with Gasteiger partial charge in [-0.15, -0.1) is 0 Å². The van der Waals surface area contributed by atoms with Crippen molar-refractivity contribution in [1.82, 2.24) is 4.90 Å². The van der Waals surface area contributed by atoms with Crippen molar-refractivity contribution < 1.29 is 14.0 Å². The number of halogens is 1. The molecule has 1 atom stereocenters. The number of carbonyl (C=O) groups is 2. The van der Waals surface area contributed by atoms with Crippen LogP contribution in [0.1, 0.15) is 19.3 Å². The lowest BCUT2D eigenvalue weighted by atomic mass is 9.96. The summed E-state index contributed by atoms with van der Waals surface area (Å²) in [6.45, 7) is 1.22. The maximum atomic E-state index is 13.1.